The predicted octanol–water partition coefficient (Wildman–Crippen LogP) is 3.46. The molecule has 0 unspecified atom stereocenters. The molecular weight excluding hydrogens is 491 g/mol. The summed E-state index contributed by atoms with van der Waals surface area (Å²) in [5, 5.41) is 8.95. The van der Waals surface area contributed by atoms with Gasteiger partial charge in [-0.1, -0.05) is 0 Å². The van der Waals surface area contributed by atoms with Gasteiger partial charge in [-0.25, -0.2) is 0 Å². The smallest absolute Gasteiger partial charge is 0.426 e. The Hall–Kier alpha value is -0.260. The molecule has 1 heterocycles. The fourth-order valence-corrected chi connectivity index (χ4v) is 4.05. The number of carbonyl (C=O) groups is 1. The largest absolute Gasteiger partial charge is 0.481 e. The molecule has 19 heavy (non-hydrogen) atoms. The zero-order valence-electron chi connectivity index (χ0n) is 9.17. The highest BCUT2D eigenvalue weighted by atomic mass is 127. The van der Waals surface area contributed by atoms with E-state index in [1.165, 1.54) is 0 Å². The van der Waals surface area contributed by atoms with E-state index in [-0.39, 0.29) is 12.2 Å². The SMILES string of the molecule is O=C(O)[C@@H]1Cc2cc(I)cc(I)c2O[C@@H]1C(F)(F)F. The molecule has 104 valence electrons. The molecule has 0 saturated carbocycles. The summed E-state index contributed by atoms with van der Waals surface area (Å²) >= 11 is 3.91. The lowest BCUT2D eigenvalue weighted by atomic mass is 9.90. The third-order valence-electron chi connectivity index (χ3n) is 2.78. The molecule has 0 amide bonds. The highest BCUT2D eigenvalue weighted by Crippen LogP contribution is 2.41. The molecule has 3 nitrogen and oxygen atoms in total. The van der Waals surface area contributed by atoms with Gasteiger partial charge in [-0.15, -0.1) is 0 Å². The molecule has 2 rings (SSSR count). The molecule has 0 fully saturated rings. The predicted molar refractivity (Wildman–Crippen MR) is 77.2 cm³/mol. The normalized spacial score (nSPS) is 22.6. The van der Waals surface area contributed by atoms with Gasteiger partial charge in [0.2, 0.25) is 6.10 Å². The van der Waals surface area contributed by atoms with Gasteiger partial charge < -0.3 is 9.84 Å². The third kappa shape index (κ3) is 3.09. The topological polar surface area (TPSA) is 46.5 Å². The van der Waals surface area contributed by atoms with Crippen molar-refractivity contribution in [2.24, 2.45) is 5.92 Å². The summed E-state index contributed by atoms with van der Waals surface area (Å²) in [6.07, 6.45) is -7.18. The van der Waals surface area contributed by atoms with E-state index >= 15 is 0 Å². The average Bonchev–Trinajstić information content (AvgIpc) is 2.25. The first-order chi connectivity index (χ1) is 8.70. The second-order valence-electron chi connectivity index (χ2n) is 4.10. The fourth-order valence-electron chi connectivity index (χ4n) is 1.96. The first-order valence-electron chi connectivity index (χ1n) is 5.14. The van der Waals surface area contributed by atoms with Crippen LogP contribution in [0.15, 0.2) is 12.1 Å². The van der Waals surface area contributed by atoms with Crippen LogP contribution >= 0.6 is 45.2 Å². The Labute approximate surface area is 133 Å². The number of fused-ring (bicyclic) bond motifs is 1. The lowest BCUT2D eigenvalue weighted by Crippen LogP contribution is -2.47. The maximum absolute atomic E-state index is 12.9. The molecule has 8 heteroatoms. The second-order valence-corrected chi connectivity index (χ2v) is 6.51. The molecule has 0 aliphatic carbocycles. The Morgan fingerprint density at radius 1 is 1.37 bits per heavy atom. The van der Waals surface area contributed by atoms with Crippen molar-refractivity contribution in [2.75, 3.05) is 0 Å². The highest BCUT2D eigenvalue weighted by molar-refractivity contribution is 14.1. The van der Waals surface area contributed by atoms with Gasteiger partial charge in [-0.05, 0) is 69.3 Å². The number of rotatable bonds is 1. The minimum atomic E-state index is -4.70. The summed E-state index contributed by atoms with van der Waals surface area (Å²) in [4.78, 5) is 11.0. The van der Waals surface area contributed by atoms with E-state index in [1.807, 2.05) is 45.2 Å². The van der Waals surface area contributed by atoms with Crippen LogP contribution < -0.4 is 4.74 Å². The van der Waals surface area contributed by atoms with Gasteiger partial charge in [0.1, 0.15) is 11.7 Å². The Morgan fingerprint density at radius 3 is 2.53 bits per heavy atom. The van der Waals surface area contributed by atoms with Crippen molar-refractivity contribution < 1.29 is 27.8 Å². The van der Waals surface area contributed by atoms with Crippen molar-refractivity contribution in [1.29, 1.82) is 0 Å². The van der Waals surface area contributed by atoms with Gasteiger partial charge in [-0.3, -0.25) is 4.79 Å². The number of alkyl halides is 3. The van der Waals surface area contributed by atoms with Gasteiger partial charge in [0.25, 0.3) is 0 Å². The van der Waals surface area contributed by atoms with Gasteiger partial charge >= 0.3 is 12.1 Å². The Kier molecular flexibility index (Phi) is 4.19. The van der Waals surface area contributed by atoms with Crippen LogP contribution in [0, 0.1) is 13.1 Å². The van der Waals surface area contributed by atoms with Crippen LogP contribution in [-0.2, 0) is 11.2 Å². The van der Waals surface area contributed by atoms with Crippen molar-refractivity contribution in [1.82, 2.24) is 0 Å². The van der Waals surface area contributed by atoms with E-state index in [2.05, 4.69) is 0 Å². The lowest BCUT2D eigenvalue weighted by molar-refractivity contribution is -0.217. The minimum Gasteiger partial charge on any atom is -0.481 e. The maximum atomic E-state index is 12.9. The zero-order chi connectivity index (χ0) is 14.4. The first kappa shape index (κ1) is 15.1. The summed E-state index contributed by atoms with van der Waals surface area (Å²) in [6, 6.07) is 3.34. The fraction of sp³-hybridized carbons (Fsp3) is 0.364. The van der Waals surface area contributed by atoms with Gasteiger partial charge in [0.05, 0.1) is 3.57 Å². The highest BCUT2D eigenvalue weighted by Gasteiger charge is 2.52. The Bertz CT molecular complexity index is 531. The molecule has 1 aromatic carbocycles. The Balaban J connectivity index is 2.48. The number of carboxylic acids is 1. The van der Waals surface area contributed by atoms with Crippen LogP contribution in [0.1, 0.15) is 5.56 Å². The summed E-state index contributed by atoms with van der Waals surface area (Å²) in [5.41, 5.74) is 0.504. The summed E-state index contributed by atoms with van der Waals surface area (Å²) in [5.74, 6) is -2.97. The van der Waals surface area contributed by atoms with Crippen LogP contribution in [0.3, 0.4) is 0 Å². The lowest BCUT2D eigenvalue weighted by Gasteiger charge is -2.33. The second kappa shape index (κ2) is 5.26. The van der Waals surface area contributed by atoms with Crippen molar-refractivity contribution in [3.63, 3.8) is 0 Å². The molecule has 1 N–H and O–H groups in total. The van der Waals surface area contributed by atoms with Gasteiger partial charge in [0, 0.05) is 3.57 Å². The van der Waals surface area contributed by atoms with E-state index in [4.69, 9.17) is 9.84 Å². The van der Waals surface area contributed by atoms with Gasteiger partial charge in [-0.2, -0.15) is 13.2 Å². The van der Waals surface area contributed by atoms with Crippen LogP contribution in [0.2, 0.25) is 0 Å². The number of benzene rings is 1. The van der Waals surface area contributed by atoms with Crippen molar-refractivity contribution >= 4 is 51.2 Å². The number of hydrogen-bond donors (Lipinski definition) is 1. The number of aliphatic carboxylic acids is 1. The van der Waals surface area contributed by atoms with Crippen LogP contribution in [0.25, 0.3) is 0 Å². The number of carboxylic acid groups (broad SMARTS) is 1. The van der Waals surface area contributed by atoms with Crippen molar-refractivity contribution in [3.05, 3.63) is 24.8 Å². The number of ether oxygens (including phenoxy) is 1. The van der Waals surface area contributed by atoms with E-state index < -0.39 is 24.2 Å². The van der Waals surface area contributed by atoms with Crippen LogP contribution in [-0.4, -0.2) is 23.4 Å². The standard InChI is InChI=1S/C11H7F3I2O3/c12-11(13,14)9-6(10(17)18)2-4-1-5(15)3-7(16)8(4)19-9/h1,3,6,9H,2H2,(H,17,18)/t6-,9+/m1/s1. The monoisotopic (exact) mass is 498 g/mol. The van der Waals surface area contributed by atoms with Crippen LogP contribution in [0.5, 0.6) is 5.75 Å². The number of hydrogen-bond acceptors (Lipinski definition) is 2. The van der Waals surface area contributed by atoms with E-state index in [0.717, 1.165) is 3.57 Å². The molecule has 0 radical (unpaired) electrons. The molecule has 0 aromatic heterocycles. The van der Waals surface area contributed by atoms with Crippen molar-refractivity contribution in [2.45, 2.75) is 18.7 Å². The average molecular weight is 498 g/mol. The van der Waals surface area contributed by atoms with E-state index in [9.17, 15) is 18.0 Å². The number of halogens is 5. The zero-order valence-corrected chi connectivity index (χ0v) is 13.5. The van der Waals surface area contributed by atoms with Crippen LogP contribution in [0.4, 0.5) is 13.2 Å². The van der Waals surface area contributed by atoms with E-state index in [1.54, 1.807) is 12.1 Å². The summed E-state index contributed by atoms with van der Waals surface area (Å²) in [7, 11) is 0. The minimum absolute atomic E-state index is 0.140. The summed E-state index contributed by atoms with van der Waals surface area (Å²) < 4.78 is 44.9. The maximum Gasteiger partial charge on any atom is 0.426 e. The molecule has 0 saturated heterocycles. The molecule has 1 aliphatic rings. The molecule has 0 spiro atoms. The molecular formula is C11H7F3I2O3. The van der Waals surface area contributed by atoms with E-state index in [0.29, 0.717) is 9.13 Å². The molecule has 2 atom stereocenters. The molecule has 0 bridgehead atoms. The molecule has 1 aromatic rings. The van der Waals surface area contributed by atoms with Gasteiger partial charge in [0.15, 0.2) is 0 Å². The Morgan fingerprint density at radius 2 is 2.00 bits per heavy atom. The van der Waals surface area contributed by atoms with Crippen molar-refractivity contribution in [3.8, 4) is 5.75 Å². The summed E-state index contributed by atoms with van der Waals surface area (Å²) in [6.45, 7) is 0. The first-order valence-corrected chi connectivity index (χ1v) is 7.30. The third-order valence-corrected chi connectivity index (χ3v) is 4.20. The molecule has 1 aliphatic heterocycles. The quantitative estimate of drug-likeness (QED) is 0.604.